The van der Waals surface area contributed by atoms with Crippen LogP contribution in [0.1, 0.15) is 70.9 Å². The van der Waals surface area contributed by atoms with E-state index in [1.54, 1.807) is 9.80 Å². The van der Waals surface area contributed by atoms with Gasteiger partial charge in [-0.3, -0.25) is 9.59 Å². The first-order valence-electron chi connectivity index (χ1n) is 23.7. The van der Waals surface area contributed by atoms with Gasteiger partial charge in [0.05, 0.1) is 26.1 Å². The van der Waals surface area contributed by atoms with Gasteiger partial charge in [-0.05, 0) is 72.0 Å². The number of carbonyl (C=O) groups excluding carboxylic acids is 5. The van der Waals surface area contributed by atoms with Crippen molar-refractivity contribution in [1.82, 2.24) is 15.1 Å². The number of likely N-dealkylation sites (tertiary alicyclic amines) is 2. The highest BCUT2D eigenvalue weighted by atomic mass is 16.5. The van der Waals surface area contributed by atoms with Crippen LogP contribution in [0.2, 0.25) is 0 Å². The molecule has 358 valence electrons. The van der Waals surface area contributed by atoms with Gasteiger partial charge in [0.25, 0.3) is 0 Å². The number of aryl methyl sites for hydroxylation is 2. The summed E-state index contributed by atoms with van der Waals surface area (Å²) in [6.45, 7) is 1.67. The van der Waals surface area contributed by atoms with Crippen LogP contribution in [0.4, 0.5) is 0 Å². The largest absolute Gasteiger partial charge is 0.467 e. The number of nitrogens with one attached hydrogen (secondary N) is 1. The van der Waals surface area contributed by atoms with Gasteiger partial charge in [0.1, 0.15) is 18.4 Å². The summed E-state index contributed by atoms with van der Waals surface area (Å²) in [5.74, 6) is -1.91. The zero-order valence-electron chi connectivity index (χ0n) is 39.6. The summed E-state index contributed by atoms with van der Waals surface area (Å²) < 4.78 is 9.94. The molecule has 2 aliphatic heterocycles. The van der Waals surface area contributed by atoms with Gasteiger partial charge < -0.3 is 35.1 Å². The van der Waals surface area contributed by atoms with Gasteiger partial charge in [-0.2, -0.15) is 0 Å². The highest BCUT2D eigenvalue weighted by Crippen LogP contribution is 2.32. The topological polar surface area (TPSA) is 148 Å². The Labute approximate surface area is 406 Å². The molecule has 2 heterocycles. The highest BCUT2D eigenvalue weighted by Gasteiger charge is 2.43. The summed E-state index contributed by atoms with van der Waals surface area (Å²) in [4.78, 5) is 65.3. The predicted octanol–water partition coefficient (Wildman–Crippen LogP) is 7.92. The monoisotopic (exact) mass is 928 g/mol. The van der Waals surface area contributed by atoms with E-state index in [-0.39, 0.29) is 29.9 Å². The number of aldehydes is 1. The molecular weight excluding hydrogens is 865 g/mol. The summed E-state index contributed by atoms with van der Waals surface area (Å²) in [6.07, 6.45) is 5.41. The Morgan fingerprint density at radius 1 is 0.551 bits per heavy atom. The SMILES string of the molecule is COC(=O)[C@@H]1C[C@H](N)CN1C(=O)C(c1ccccc1)c1ccccc1.COC(=O)[C@@H]1C[C@H](NCCCc2ccccc2)CN1C(=O)C(c1ccccc1)c1ccccc1.O=CCCc1ccccc1. The van der Waals surface area contributed by atoms with Gasteiger partial charge in [-0.15, -0.1) is 0 Å². The molecular formula is C58H64N4O7. The van der Waals surface area contributed by atoms with E-state index in [0.29, 0.717) is 32.4 Å². The second-order valence-electron chi connectivity index (χ2n) is 17.2. The van der Waals surface area contributed by atoms with Crippen LogP contribution < -0.4 is 11.1 Å². The van der Waals surface area contributed by atoms with E-state index < -0.39 is 29.9 Å². The van der Waals surface area contributed by atoms with E-state index in [1.165, 1.54) is 25.3 Å². The second kappa shape index (κ2) is 27.0. The van der Waals surface area contributed by atoms with Crippen LogP contribution >= 0.6 is 0 Å². The minimum atomic E-state index is -0.623. The minimum Gasteiger partial charge on any atom is -0.467 e. The smallest absolute Gasteiger partial charge is 0.328 e. The number of esters is 2. The average Bonchev–Trinajstić information content (AvgIpc) is 4.03. The van der Waals surface area contributed by atoms with Crippen LogP contribution in [0.25, 0.3) is 0 Å². The molecule has 6 aromatic carbocycles. The molecule has 0 spiro atoms. The fourth-order valence-corrected chi connectivity index (χ4v) is 9.04. The third-order valence-electron chi connectivity index (χ3n) is 12.5. The number of nitrogens with zero attached hydrogens (tertiary/aromatic N) is 2. The van der Waals surface area contributed by atoms with Crippen LogP contribution in [0.3, 0.4) is 0 Å². The molecule has 2 fully saturated rings. The fraction of sp³-hybridized carbons (Fsp3) is 0.293. The maximum absolute atomic E-state index is 13.9. The molecule has 69 heavy (non-hydrogen) atoms. The molecule has 11 nitrogen and oxygen atoms in total. The van der Waals surface area contributed by atoms with Crippen molar-refractivity contribution in [1.29, 1.82) is 0 Å². The molecule has 2 saturated heterocycles. The summed E-state index contributed by atoms with van der Waals surface area (Å²) >= 11 is 0. The molecule has 0 saturated carbocycles. The third kappa shape index (κ3) is 14.6. The zero-order valence-corrected chi connectivity index (χ0v) is 39.6. The van der Waals surface area contributed by atoms with Crippen molar-refractivity contribution in [3.8, 4) is 0 Å². The van der Waals surface area contributed by atoms with Gasteiger partial charge in [-0.1, -0.05) is 182 Å². The minimum absolute atomic E-state index is 0.0519. The van der Waals surface area contributed by atoms with E-state index in [2.05, 4.69) is 29.6 Å². The molecule has 0 unspecified atom stereocenters. The second-order valence-corrected chi connectivity index (χ2v) is 17.2. The van der Waals surface area contributed by atoms with E-state index in [1.807, 2.05) is 158 Å². The normalized spacial score (nSPS) is 17.2. The fourth-order valence-electron chi connectivity index (χ4n) is 9.04. The first-order valence-corrected chi connectivity index (χ1v) is 23.7. The number of rotatable bonds is 16. The Morgan fingerprint density at radius 2 is 0.913 bits per heavy atom. The summed E-state index contributed by atoms with van der Waals surface area (Å²) in [5.41, 5.74) is 12.2. The number of hydrogen-bond donors (Lipinski definition) is 2. The first kappa shape index (κ1) is 51.2. The van der Waals surface area contributed by atoms with Gasteiger partial charge in [-0.25, -0.2) is 9.59 Å². The lowest BCUT2D eigenvalue weighted by molar-refractivity contribution is -0.151. The molecule has 0 aromatic heterocycles. The maximum Gasteiger partial charge on any atom is 0.328 e. The Hall–Kier alpha value is -7.21. The van der Waals surface area contributed by atoms with Crippen molar-refractivity contribution < 1.29 is 33.4 Å². The molecule has 11 heteroatoms. The highest BCUT2D eigenvalue weighted by molar-refractivity contribution is 5.92. The van der Waals surface area contributed by atoms with Crippen molar-refractivity contribution in [2.24, 2.45) is 5.73 Å². The van der Waals surface area contributed by atoms with Crippen molar-refractivity contribution in [3.05, 3.63) is 215 Å². The molecule has 0 aliphatic carbocycles. The quantitative estimate of drug-likeness (QED) is 0.0561. The molecule has 6 aromatic rings. The van der Waals surface area contributed by atoms with Crippen molar-refractivity contribution in [3.63, 3.8) is 0 Å². The van der Waals surface area contributed by atoms with Crippen LogP contribution in [0, 0.1) is 0 Å². The van der Waals surface area contributed by atoms with Crippen molar-refractivity contribution >= 4 is 30.0 Å². The number of amides is 2. The van der Waals surface area contributed by atoms with Crippen LogP contribution in [-0.2, 0) is 46.3 Å². The van der Waals surface area contributed by atoms with Gasteiger partial charge in [0.15, 0.2) is 0 Å². The van der Waals surface area contributed by atoms with E-state index in [4.69, 9.17) is 15.2 Å². The molecule has 3 N–H and O–H groups in total. The van der Waals surface area contributed by atoms with Gasteiger partial charge >= 0.3 is 11.9 Å². The Bertz CT molecular complexity index is 2400. The molecule has 0 bridgehead atoms. The Kier molecular flexibility index (Phi) is 20.0. The number of hydrogen-bond acceptors (Lipinski definition) is 9. The van der Waals surface area contributed by atoms with E-state index >= 15 is 0 Å². The van der Waals surface area contributed by atoms with E-state index in [9.17, 15) is 24.0 Å². The number of methoxy groups -OCH3 is 2. The van der Waals surface area contributed by atoms with Crippen LogP contribution in [-0.4, -0.2) is 97.9 Å². The van der Waals surface area contributed by atoms with Crippen molar-refractivity contribution in [2.45, 2.75) is 74.5 Å². The molecule has 0 radical (unpaired) electrons. The maximum atomic E-state index is 13.9. The lowest BCUT2D eigenvalue weighted by atomic mass is 9.90. The number of benzene rings is 6. The number of nitrogens with two attached hydrogens (primary N) is 1. The van der Waals surface area contributed by atoms with E-state index in [0.717, 1.165) is 54.3 Å². The lowest BCUT2D eigenvalue weighted by Gasteiger charge is -2.28. The molecule has 2 amide bonds. The first-order chi connectivity index (χ1) is 33.7. The van der Waals surface area contributed by atoms with Crippen LogP contribution in [0.15, 0.2) is 182 Å². The Morgan fingerprint density at radius 3 is 1.30 bits per heavy atom. The standard InChI is InChI=1S/C29H32N2O3.C20H22N2O3.C9H10O/c1-34-29(33)26-20-25(30-19-11-14-22-12-5-2-6-13-22)21-31(26)28(32)27(23-15-7-3-8-16-23)24-17-9-4-10-18-24;1-25-20(24)17-12-16(21)13-22(17)19(23)18(14-8-4-2-5-9-14)15-10-6-3-7-11-15;10-8-4-7-9-5-2-1-3-6-9/h2-10,12-13,15-18,25-27,30H,11,14,19-21H2,1H3;2-11,16-18H,12-13,21H2,1H3;1-3,5-6,8H,4,7H2/t25-,26-;16-,17-;/m00./s1. The zero-order chi connectivity index (χ0) is 48.8. The van der Waals surface area contributed by atoms with Crippen molar-refractivity contribution in [2.75, 3.05) is 33.9 Å². The summed E-state index contributed by atoms with van der Waals surface area (Å²) in [5, 5.41) is 3.56. The average molecular weight is 929 g/mol. The number of carbonyl (C=O) groups is 5. The summed E-state index contributed by atoms with van der Waals surface area (Å²) in [6, 6.07) is 57.8. The van der Waals surface area contributed by atoms with Gasteiger partial charge in [0, 0.05) is 31.6 Å². The predicted molar refractivity (Wildman–Crippen MR) is 269 cm³/mol. The summed E-state index contributed by atoms with van der Waals surface area (Å²) in [7, 11) is 2.72. The third-order valence-corrected chi connectivity index (χ3v) is 12.5. The van der Waals surface area contributed by atoms with Gasteiger partial charge in [0.2, 0.25) is 11.8 Å². The number of ether oxygens (including phenoxy) is 2. The Balaban J connectivity index is 0.000000195. The lowest BCUT2D eigenvalue weighted by Crippen LogP contribution is -2.44. The molecule has 2 aliphatic rings. The van der Waals surface area contributed by atoms with Crippen LogP contribution in [0.5, 0.6) is 0 Å². The molecule has 4 atom stereocenters. The molecule has 8 rings (SSSR count).